The van der Waals surface area contributed by atoms with Crippen molar-refractivity contribution in [2.75, 3.05) is 38.6 Å². The van der Waals surface area contributed by atoms with E-state index in [1.165, 1.54) is 30.6 Å². The minimum Gasteiger partial charge on any atom is -0.370 e. The smallest absolute Gasteiger partial charge is 0.0642 e. The number of hydrogen-bond acceptors (Lipinski definition) is 3. The van der Waals surface area contributed by atoms with Crippen molar-refractivity contribution in [2.24, 2.45) is 11.7 Å². The summed E-state index contributed by atoms with van der Waals surface area (Å²) in [6.45, 7) is 5.42. The van der Waals surface area contributed by atoms with Crippen LogP contribution in [0.2, 0.25) is 5.02 Å². The molecule has 3 nitrogen and oxygen atoms in total. The molecule has 1 aliphatic heterocycles. The average Bonchev–Trinajstić information content (AvgIpc) is 2.39. The molecule has 2 N–H and O–H groups in total. The van der Waals surface area contributed by atoms with E-state index < -0.39 is 0 Å². The minimum atomic E-state index is 0.161. The van der Waals surface area contributed by atoms with E-state index in [4.69, 9.17) is 17.3 Å². The molecule has 2 rings (SSSR count). The zero-order chi connectivity index (χ0) is 15.4. The van der Waals surface area contributed by atoms with Crippen LogP contribution in [0.5, 0.6) is 0 Å². The highest BCUT2D eigenvalue weighted by molar-refractivity contribution is 6.33. The van der Waals surface area contributed by atoms with E-state index in [1.807, 2.05) is 19.1 Å². The number of anilines is 1. The quantitative estimate of drug-likeness (QED) is 0.907. The first kappa shape index (κ1) is 16.6. The highest BCUT2D eigenvalue weighted by Crippen LogP contribution is 2.33. The van der Waals surface area contributed by atoms with E-state index in [-0.39, 0.29) is 6.04 Å². The van der Waals surface area contributed by atoms with Gasteiger partial charge in [-0.05, 0) is 57.8 Å². The fourth-order valence-corrected chi connectivity index (χ4v) is 3.59. The lowest BCUT2D eigenvalue weighted by atomic mass is 9.95. The third kappa shape index (κ3) is 4.60. The second kappa shape index (κ2) is 7.48. The SMILES string of the molecule is CC(N)Cc1cccc(Cl)c1N1CCC(CN(C)C)CC1. The Hall–Kier alpha value is -0.770. The summed E-state index contributed by atoms with van der Waals surface area (Å²) in [6.07, 6.45) is 3.36. The standard InChI is InChI=1S/C17H28ClN3/c1-13(19)11-15-5-4-6-16(18)17(15)21-9-7-14(8-10-21)12-20(2)3/h4-6,13-14H,7-12,19H2,1-3H3. The number of hydrogen-bond donors (Lipinski definition) is 1. The fraction of sp³-hybridized carbons (Fsp3) is 0.647. The van der Waals surface area contributed by atoms with Gasteiger partial charge in [-0.15, -0.1) is 0 Å². The normalized spacial score (nSPS) is 18.3. The zero-order valence-corrected chi connectivity index (χ0v) is 14.2. The van der Waals surface area contributed by atoms with Crippen LogP contribution in [0, 0.1) is 5.92 Å². The summed E-state index contributed by atoms with van der Waals surface area (Å²) in [5.41, 5.74) is 8.47. The Balaban J connectivity index is 2.09. The third-order valence-electron chi connectivity index (χ3n) is 4.17. The second-order valence-electron chi connectivity index (χ2n) is 6.62. The van der Waals surface area contributed by atoms with E-state index in [2.05, 4.69) is 30.0 Å². The Morgan fingerprint density at radius 2 is 2.00 bits per heavy atom. The highest BCUT2D eigenvalue weighted by atomic mass is 35.5. The van der Waals surface area contributed by atoms with Gasteiger partial charge in [-0.2, -0.15) is 0 Å². The topological polar surface area (TPSA) is 32.5 Å². The van der Waals surface area contributed by atoms with Crippen LogP contribution >= 0.6 is 11.6 Å². The molecular formula is C17H28ClN3. The van der Waals surface area contributed by atoms with Gasteiger partial charge in [0.2, 0.25) is 0 Å². The fourth-order valence-electron chi connectivity index (χ4n) is 3.28. The van der Waals surface area contributed by atoms with Crippen LogP contribution in [0.4, 0.5) is 5.69 Å². The first-order valence-electron chi connectivity index (χ1n) is 7.90. The zero-order valence-electron chi connectivity index (χ0n) is 13.5. The molecular weight excluding hydrogens is 282 g/mol. The molecule has 0 saturated carbocycles. The maximum absolute atomic E-state index is 6.48. The molecule has 1 atom stereocenters. The summed E-state index contributed by atoms with van der Waals surface area (Å²) in [7, 11) is 4.31. The Labute approximate surface area is 134 Å². The van der Waals surface area contributed by atoms with Gasteiger partial charge in [-0.1, -0.05) is 23.7 Å². The lowest BCUT2D eigenvalue weighted by molar-refractivity contribution is 0.285. The number of rotatable bonds is 5. The molecule has 4 heteroatoms. The highest BCUT2D eigenvalue weighted by Gasteiger charge is 2.23. The third-order valence-corrected chi connectivity index (χ3v) is 4.47. The van der Waals surface area contributed by atoms with Crippen molar-refractivity contribution in [3.8, 4) is 0 Å². The van der Waals surface area contributed by atoms with Crippen LogP contribution in [0.1, 0.15) is 25.3 Å². The monoisotopic (exact) mass is 309 g/mol. The van der Waals surface area contributed by atoms with Crippen molar-refractivity contribution in [3.63, 3.8) is 0 Å². The van der Waals surface area contributed by atoms with E-state index in [0.717, 1.165) is 30.5 Å². The number of piperidine rings is 1. The lowest BCUT2D eigenvalue weighted by Gasteiger charge is -2.36. The maximum Gasteiger partial charge on any atom is 0.0642 e. The van der Waals surface area contributed by atoms with Crippen LogP contribution < -0.4 is 10.6 Å². The molecule has 118 valence electrons. The van der Waals surface area contributed by atoms with Crippen LogP contribution in [-0.4, -0.2) is 44.7 Å². The molecule has 1 aliphatic rings. The van der Waals surface area contributed by atoms with Crippen molar-refractivity contribution in [1.82, 2.24) is 4.90 Å². The molecule has 1 aromatic rings. The van der Waals surface area contributed by atoms with Crippen molar-refractivity contribution < 1.29 is 0 Å². The first-order chi connectivity index (χ1) is 9.97. The lowest BCUT2D eigenvalue weighted by Crippen LogP contribution is -2.38. The molecule has 1 unspecified atom stereocenters. The predicted molar refractivity (Wildman–Crippen MR) is 92.3 cm³/mol. The average molecular weight is 310 g/mol. The molecule has 1 saturated heterocycles. The number of nitrogens with zero attached hydrogens (tertiary/aromatic N) is 2. The number of para-hydroxylation sites is 1. The van der Waals surface area contributed by atoms with Gasteiger partial charge in [0.1, 0.15) is 0 Å². The van der Waals surface area contributed by atoms with Crippen LogP contribution in [0.25, 0.3) is 0 Å². The maximum atomic E-state index is 6.48. The van der Waals surface area contributed by atoms with E-state index >= 15 is 0 Å². The molecule has 0 amide bonds. The molecule has 0 aliphatic carbocycles. The van der Waals surface area contributed by atoms with Gasteiger partial charge < -0.3 is 15.5 Å². The van der Waals surface area contributed by atoms with Gasteiger partial charge in [0.25, 0.3) is 0 Å². The van der Waals surface area contributed by atoms with Gasteiger partial charge >= 0.3 is 0 Å². The molecule has 0 aromatic heterocycles. The summed E-state index contributed by atoms with van der Waals surface area (Å²) in [4.78, 5) is 4.74. The van der Waals surface area contributed by atoms with Crippen LogP contribution in [0.15, 0.2) is 18.2 Å². The number of benzene rings is 1. The summed E-state index contributed by atoms with van der Waals surface area (Å²) in [6, 6.07) is 6.35. The van der Waals surface area contributed by atoms with Crippen LogP contribution in [-0.2, 0) is 6.42 Å². The van der Waals surface area contributed by atoms with Crippen LogP contribution in [0.3, 0.4) is 0 Å². The van der Waals surface area contributed by atoms with Crippen molar-refractivity contribution in [2.45, 2.75) is 32.2 Å². The molecule has 1 heterocycles. The summed E-state index contributed by atoms with van der Waals surface area (Å²) >= 11 is 6.48. The summed E-state index contributed by atoms with van der Waals surface area (Å²) in [5, 5.41) is 0.860. The molecule has 21 heavy (non-hydrogen) atoms. The second-order valence-corrected chi connectivity index (χ2v) is 7.03. The van der Waals surface area contributed by atoms with E-state index in [1.54, 1.807) is 0 Å². The Morgan fingerprint density at radius 3 is 2.57 bits per heavy atom. The minimum absolute atomic E-state index is 0.161. The van der Waals surface area contributed by atoms with Gasteiger partial charge in [0, 0.05) is 25.7 Å². The van der Waals surface area contributed by atoms with Crippen molar-refractivity contribution in [1.29, 1.82) is 0 Å². The summed E-state index contributed by atoms with van der Waals surface area (Å²) < 4.78 is 0. The summed E-state index contributed by atoms with van der Waals surface area (Å²) in [5.74, 6) is 0.801. The van der Waals surface area contributed by atoms with Gasteiger partial charge in [0.15, 0.2) is 0 Å². The van der Waals surface area contributed by atoms with Gasteiger partial charge in [-0.25, -0.2) is 0 Å². The molecule has 0 spiro atoms. The molecule has 0 bridgehead atoms. The van der Waals surface area contributed by atoms with Crippen molar-refractivity contribution >= 4 is 17.3 Å². The first-order valence-corrected chi connectivity index (χ1v) is 8.27. The predicted octanol–water partition coefficient (Wildman–Crippen LogP) is 3.01. The Bertz CT molecular complexity index is 451. The number of nitrogens with two attached hydrogens (primary N) is 1. The van der Waals surface area contributed by atoms with E-state index in [9.17, 15) is 0 Å². The Kier molecular flexibility index (Phi) is 5.91. The molecule has 1 fully saturated rings. The number of halogens is 1. The molecule has 0 radical (unpaired) electrons. The Morgan fingerprint density at radius 1 is 1.33 bits per heavy atom. The largest absolute Gasteiger partial charge is 0.370 e. The van der Waals surface area contributed by atoms with E-state index in [0.29, 0.717) is 0 Å². The van der Waals surface area contributed by atoms with Gasteiger partial charge in [-0.3, -0.25) is 0 Å². The molecule has 1 aromatic carbocycles. The van der Waals surface area contributed by atoms with Gasteiger partial charge in [0.05, 0.1) is 10.7 Å². The van der Waals surface area contributed by atoms with Crippen molar-refractivity contribution in [3.05, 3.63) is 28.8 Å².